The summed E-state index contributed by atoms with van der Waals surface area (Å²) in [5.41, 5.74) is 3.06. The zero-order valence-electron chi connectivity index (χ0n) is 22.4. The van der Waals surface area contributed by atoms with Crippen LogP contribution in [0.3, 0.4) is 0 Å². The molecule has 0 bridgehead atoms. The molecule has 0 heterocycles. The predicted octanol–water partition coefficient (Wildman–Crippen LogP) is 5.86. The van der Waals surface area contributed by atoms with E-state index in [2.05, 4.69) is 59.8 Å². The molecule has 0 amide bonds. The molecule has 0 aromatic carbocycles. The van der Waals surface area contributed by atoms with Gasteiger partial charge in [0.25, 0.3) is 0 Å². The standard InChI is InChI=1S/C30H48O4/c1-7-30(33,8-2)15-9-17-34-27(3,4)25-13-12-23-22-11-10-20-18-21(31)19-26(32)29(20,6)24(22)14-16-28(23,25)5/h10-11,13,21,23-24,26,31-33H,7-9,12,14-19H2,1-6H3/t21-,23+,24+,26+,28+,29+/m1/s1. The summed E-state index contributed by atoms with van der Waals surface area (Å²) in [5.74, 6) is 0.800. The molecule has 192 valence electrons. The molecule has 0 unspecified atom stereocenters. The lowest BCUT2D eigenvalue weighted by Crippen LogP contribution is -2.52. The van der Waals surface area contributed by atoms with Crippen molar-refractivity contribution in [2.24, 2.45) is 22.7 Å². The van der Waals surface area contributed by atoms with Crippen LogP contribution in [0.4, 0.5) is 0 Å². The fourth-order valence-corrected chi connectivity index (χ4v) is 7.98. The molecule has 34 heavy (non-hydrogen) atoms. The largest absolute Gasteiger partial charge is 0.393 e. The molecule has 4 nitrogen and oxygen atoms in total. The zero-order chi connectivity index (χ0) is 24.9. The molecule has 4 rings (SSSR count). The first-order valence-corrected chi connectivity index (χ1v) is 13.8. The third-order valence-corrected chi connectivity index (χ3v) is 10.4. The second-order valence-electron chi connectivity index (χ2n) is 12.6. The van der Waals surface area contributed by atoms with Gasteiger partial charge in [0.1, 0.15) is 0 Å². The maximum Gasteiger partial charge on any atom is 0.0840 e. The van der Waals surface area contributed by atoms with Gasteiger partial charge in [0.05, 0.1) is 23.4 Å². The third kappa shape index (κ3) is 4.17. The van der Waals surface area contributed by atoms with E-state index >= 15 is 0 Å². The summed E-state index contributed by atoms with van der Waals surface area (Å²) in [7, 11) is 0. The number of rotatable bonds is 8. The maximum absolute atomic E-state index is 11.1. The van der Waals surface area contributed by atoms with E-state index < -0.39 is 17.8 Å². The summed E-state index contributed by atoms with van der Waals surface area (Å²) in [6, 6.07) is 0. The highest BCUT2D eigenvalue weighted by molar-refractivity contribution is 5.44. The van der Waals surface area contributed by atoms with Gasteiger partial charge in [-0.15, -0.1) is 0 Å². The number of allylic oxidation sites excluding steroid dienone is 4. The Morgan fingerprint density at radius 3 is 2.47 bits per heavy atom. The molecule has 4 heteroatoms. The van der Waals surface area contributed by atoms with E-state index in [0.717, 1.165) is 44.9 Å². The molecule has 0 aliphatic heterocycles. The third-order valence-electron chi connectivity index (χ3n) is 10.4. The van der Waals surface area contributed by atoms with Gasteiger partial charge in [0.15, 0.2) is 0 Å². The van der Waals surface area contributed by atoms with Crippen molar-refractivity contribution in [2.75, 3.05) is 6.61 Å². The van der Waals surface area contributed by atoms with E-state index in [1.54, 1.807) is 0 Å². The Morgan fingerprint density at radius 1 is 1.09 bits per heavy atom. The Balaban J connectivity index is 1.49. The van der Waals surface area contributed by atoms with E-state index in [1.165, 1.54) is 16.7 Å². The second-order valence-corrected chi connectivity index (χ2v) is 12.6. The van der Waals surface area contributed by atoms with Crippen LogP contribution in [0, 0.1) is 22.7 Å². The van der Waals surface area contributed by atoms with Crippen LogP contribution in [0.25, 0.3) is 0 Å². The molecule has 0 aromatic rings. The predicted molar refractivity (Wildman–Crippen MR) is 137 cm³/mol. The lowest BCUT2D eigenvalue weighted by Gasteiger charge is -2.56. The number of ether oxygens (including phenoxy) is 1. The smallest absolute Gasteiger partial charge is 0.0840 e. The minimum Gasteiger partial charge on any atom is -0.393 e. The molecular weight excluding hydrogens is 424 g/mol. The van der Waals surface area contributed by atoms with Gasteiger partial charge in [-0.1, -0.05) is 57.1 Å². The number of aliphatic hydroxyl groups excluding tert-OH is 2. The van der Waals surface area contributed by atoms with Crippen molar-refractivity contribution >= 4 is 0 Å². The number of fused-ring (bicyclic) bond motifs is 5. The van der Waals surface area contributed by atoms with Crippen LogP contribution in [0.1, 0.15) is 99.3 Å². The molecule has 6 atom stereocenters. The summed E-state index contributed by atoms with van der Waals surface area (Å²) in [5, 5.41) is 31.9. The number of hydrogen-bond acceptors (Lipinski definition) is 4. The highest BCUT2D eigenvalue weighted by Crippen LogP contribution is 2.64. The SMILES string of the molecule is CCC(O)(CC)CCCOC(C)(C)C1=CC[C@H]2C3=CC=C4C[C@@H](O)C[C@H](O)[C@]4(C)[C@H]3CC[C@]12C. The second kappa shape index (κ2) is 9.18. The molecule has 0 saturated heterocycles. The molecule has 2 fully saturated rings. The lowest BCUT2D eigenvalue weighted by molar-refractivity contribution is -0.0545. The summed E-state index contributed by atoms with van der Waals surface area (Å²) < 4.78 is 6.50. The molecule has 0 spiro atoms. The normalized spacial score (nSPS) is 37.9. The average molecular weight is 473 g/mol. The summed E-state index contributed by atoms with van der Waals surface area (Å²) in [6.45, 7) is 13.9. The number of hydrogen-bond donors (Lipinski definition) is 3. The van der Waals surface area contributed by atoms with Crippen molar-refractivity contribution in [2.45, 2.75) is 123 Å². The van der Waals surface area contributed by atoms with Gasteiger partial charge in [-0.05, 0) is 88.0 Å². The topological polar surface area (TPSA) is 69.9 Å². The fourth-order valence-electron chi connectivity index (χ4n) is 7.98. The Hall–Kier alpha value is -0.940. The molecule has 4 aliphatic rings. The van der Waals surface area contributed by atoms with Gasteiger partial charge in [-0.3, -0.25) is 0 Å². The Morgan fingerprint density at radius 2 is 1.79 bits per heavy atom. The van der Waals surface area contributed by atoms with E-state index in [1.807, 2.05) is 0 Å². The minimum atomic E-state index is -0.564. The first-order chi connectivity index (χ1) is 15.9. The fraction of sp³-hybridized carbons (Fsp3) is 0.800. The number of aliphatic hydroxyl groups is 3. The monoisotopic (exact) mass is 472 g/mol. The van der Waals surface area contributed by atoms with E-state index in [9.17, 15) is 15.3 Å². The highest BCUT2D eigenvalue weighted by atomic mass is 16.5. The molecule has 4 aliphatic carbocycles. The van der Waals surface area contributed by atoms with Gasteiger partial charge in [0.2, 0.25) is 0 Å². The highest BCUT2D eigenvalue weighted by Gasteiger charge is 2.58. The van der Waals surface area contributed by atoms with Crippen molar-refractivity contribution in [3.8, 4) is 0 Å². The van der Waals surface area contributed by atoms with Gasteiger partial charge < -0.3 is 20.1 Å². The van der Waals surface area contributed by atoms with Crippen molar-refractivity contribution < 1.29 is 20.1 Å². The molecule has 3 N–H and O–H groups in total. The first kappa shape index (κ1) is 26.1. The van der Waals surface area contributed by atoms with Crippen LogP contribution in [0.2, 0.25) is 0 Å². The quantitative estimate of drug-likeness (QED) is 0.305. The Bertz CT molecular complexity index is 863. The maximum atomic E-state index is 11.1. The van der Waals surface area contributed by atoms with Crippen LogP contribution in [-0.4, -0.2) is 45.3 Å². The van der Waals surface area contributed by atoms with Crippen LogP contribution >= 0.6 is 0 Å². The van der Waals surface area contributed by atoms with Crippen molar-refractivity contribution in [1.82, 2.24) is 0 Å². The Kier molecular flexibility index (Phi) is 7.05. The summed E-state index contributed by atoms with van der Waals surface area (Å²) in [6.07, 6.45) is 13.7. The molecule has 0 aromatic heterocycles. The lowest BCUT2D eigenvalue weighted by atomic mass is 9.49. The van der Waals surface area contributed by atoms with Gasteiger partial charge in [-0.25, -0.2) is 0 Å². The van der Waals surface area contributed by atoms with Crippen LogP contribution in [-0.2, 0) is 4.74 Å². The first-order valence-electron chi connectivity index (χ1n) is 13.8. The summed E-state index contributed by atoms with van der Waals surface area (Å²) in [4.78, 5) is 0. The average Bonchev–Trinajstić information content (AvgIpc) is 3.16. The van der Waals surface area contributed by atoms with Crippen LogP contribution in [0.15, 0.2) is 34.9 Å². The van der Waals surface area contributed by atoms with E-state index in [0.29, 0.717) is 31.3 Å². The van der Waals surface area contributed by atoms with E-state index in [-0.39, 0.29) is 16.4 Å². The van der Waals surface area contributed by atoms with Crippen LogP contribution in [0.5, 0.6) is 0 Å². The van der Waals surface area contributed by atoms with Crippen molar-refractivity contribution in [3.05, 3.63) is 34.9 Å². The van der Waals surface area contributed by atoms with Crippen molar-refractivity contribution in [3.63, 3.8) is 0 Å². The van der Waals surface area contributed by atoms with Gasteiger partial charge >= 0.3 is 0 Å². The minimum absolute atomic E-state index is 0.0697. The van der Waals surface area contributed by atoms with Gasteiger partial charge in [0, 0.05) is 18.4 Å². The van der Waals surface area contributed by atoms with Crippen molar-refractivity contribution in [1.29, 1.82) is 0 Å². The zero-order valence-corrected chi connectivity index (χ0v) is 22.4. The van der Waals surface area contributed by atoms with Gasteiger partial charge in [-0.2, -0.15) is 0 Å². The molecule has 2 saturated carbocycles. The summed E-state index contributed by atoms with van der Waals surface area (Å²) >= 11 is 0. The molecule has 0 radical (unpaired) electrons. The Labute approximate surface area is 207 Å². The molecular formula is C30H48O4. The van der Waals surface area contributed by atoms with E-state index in [4.69, 9.17) is 4.74 Å². The van der Waals surface area contributed by atoms with Crippen LogP contribution < -0.4 is 0 Å².